The molecular weight excluding hydrogens is 430 g/mol. The molecule has 32 heavy (non-hydrogen) atoms. The number of hydrogen-bond acceptors (Lipinski definition) is 8. The molecule has 0 radical (unpaired) electrons. The monoisotopic (exact) mass is 451 g/mol. The molecule has 3 aliphatic heterocycles. The number of benzene rings is 2. The van der Waals surface area contributed by atoms with Crippen molar-refractivity contribution in [2.24, 2.45) is 11.0 Å². The SMILES string of the molecule is CSC1=C([N+](=O)[O-])C2(C(=O)Nc3ccccc32)C2C(C)=NN(c3ccccc3)C2(O)N1C. The Morgan fingerprint density at radius 2 is 1.84 bits per heavy atom. The number of aliphatic hydroxyl groups is 1. The van der Waals surface area contributed by atoms with E-state index in [1.54, 1.807) is 56.6 Å². The minimum absolute atomic E-state index is 0.200. The second kappa shape index (κ2) is 6.81. The first-order valence-electron chi connectivity index (χ1n) is 10.00. The quantitative estimate of drug-likeness (QED) is 0.545. The van der Waals surface area contributed by atoms with Gasteiger partial charge in [-0.15, -0.1) is 11.8 Å². The number of nitrogens with zero attached hydrogens (tertiary/aromatic N) is 4. The number of anilines is 2. The Bertz CT molecular complexity index is 1220. The van der Waals surface area contributed by atoms with E-state index in [0.29, 0.717) is 22.6 Å². The summed E-state index contributed by atoms with van der Waals surface area (Å²) >= 11 is 1.12. The van der Waals surface area contributed by atoms with Crippen molar-refractivity contribution in [3.05, 3.63) is 81.0 Å². The summed E-state index contributed by atoms with van der Waals surface area (Å²) in [6.07, 6.45) is 1.70. The maximum atomic E-state index is 13.7. The summed E-state index contributed by atoms with van der Waals surface area (Å²) in [4.78, 5) is 27.2. The molecule has 2 N–H and O–H groups in total. The van der Waals surface area contributed by atoms with Gasteiger partial charge in [0.1, 0.15) is 0 Å². The van der Waals surface area contributed by atoms with E-state index in [-0.39, 0.29) is 10.7 Å². The van der Waals surface area contributed by atoms with E-state index in [1.807, 2.05) is 18.2 Å². The predicted molar refractivity (Wildman–Crippen MR) is 123 cm³/mol. The normalized spacial score (nSPS) is 28.6. The van der Waals surface area contributed by atoms with Crippen LogP contribution >= 0.6 is 11.8 Å². The van der Waals surface area contributed by atoms with Crippen molar-refractivity contribution in [3.8, 4) is 0 Å². The molecule has 0 saturated carbocycles. The van der Waals surface area contributed by atoms with Crippen LogP contribution < -0.4 is 10.3 Å². The van der Waals surface area contributed by atoms with Gasteiger partial charge < -0.3 is 15.3 Å². The van der Waals surface area contributed by atoms with Crippen LogP contribution in [0.25, 0.3) is 0 Å². The molecule has 10 heteroatoms. The van der Waals surface area contributed by atoms with E-state index in [4.69, 9.17) is 0 Å². The molecule has 0 aliphatic carbocycles. The second-order valence-electron chi connectivity index (χ2n) is 7.99. The number of fused-ring (bicyclic) bond motifs is 4. The summed E-state index contributed by atoms with van der Waals surface area (Å²) in [5, 5.41) is 34.0. The minimum atomic E-state index is -1.85. The average Bonchev–Trinajstić information content (AvgIpc) is 3.22. The zero-order valence-electron chi connectivity index (χ0n) is 17.6. The van der Waals surface area contributed by atoms with Crippen molar-refractivity contribution in [3.63, 3.8) is 0 Å². The van der Waals surface area contributed by atoms with Gasteiger partial charge >= 0.3 is 0 Å². The van der Waals surface area contributed by atoms with Gasteiger partial charge in [0, 0.05) is 24.0 Å². The van der Waals surface area contributed by atoms with Crippen molar-refractivity contribution in [2.45, 2.75) is 18.2 Å². The fourth-order valence-corrected chi connectivity index (χ4v) is 6.16. The standard InChI is InChI=1S/C22H21N5O4S/c1-13-17-21(15-11-7-8-12-16(15)23-20(21)28)18(27(30)31)19(32-3)25(2)22(17,29)26(24-13)14-9-5-4-6-10-14/h4-12,17,29H,1-3H3,(H,23,28). The lowest BCUT2D eigenvalue weighted by molar-refractivity contribution is -0.440. The van der Waals surface area contributed by atoms with Crippen LogP contribution in [0.4, 0.5) is 11.4 Å². The number of nitrogens with one attached hydrogen (secondary N) is 1. The highest BCUT2D eigenvalue weighted by Crippen LogP contribution is 2.60. The molecule has 3 aliphatic rings. The highest BCUT2D eigenvalue weighted by Gasteiger charge is 2.75. The van der Waals surface area contributed by atoms with Crippen molar-refractivity contribution >= 4 is 34.8 Å². The maximum Gasteiger partial charge on any atom is 0.296 e. The minimum Gasteiger partial charge on any atom is -0.352 e. The first-order valence-corrected chi connectivity index (χ1v) is 11.2. The van der Waals surface area contributed by atoms with E-state index >= 15 is 0 Å². The van der Waals surface area contributed by atoms with Crippen molar-refractivity contribution < 1.29 is 14.8 Å². The molecule has 0 fully saturated rings. The van der Waals surface area contributed by atoms with E-state index in [2.05, 4.69) is 10.4 Å². The molecule has 0 aromatic heterocycles. The van der Waals surface area contributed by atoms with E-state index in [9.17, 15) is 20.0 Å². The van der Waals surface area contributed by atoms with Crippen LogP contribution in [0.3, 0.4) is 0 Å². The van der Waals surface area contributed by atoms with Crippen molar-refractivity contribution in [2.75, 3.05) is 23.6 Å². The number of carbonyl (C=O) groups excluding carboxylic acids is 1. The summed E-state index contributed by atoms with van der Waals surface area (Å²) in [5.41, 5.74) is -0.0184. The Morgan fingerprint density at radius 3 is 2.50 bits per heavy atom. The Kier molecular flexibility index (Phi) is 4.37. The van der Waals surface area contributed by atoms with Gasteiger partial charge in [0.15, 0.2) is 10.4 Å². The van der Waals surface area contributed by atoms with Crippen molar-refractivity contribution in [1.29, 1.82) is 0 Å². The Balaban J connectivity index is 1.89. The van der Waals surface area contributed by atoms with Crippen LogP contribution in [0.1, 0.15) is 12.5 Å². The fourth-order valence-electron chi connectivity index (χ4n) is 5.32. The van der Waals surface area contributed by atoms with Gasteiger partial charge in [-0.2, -0.15) is 5.10 Å². The van der Waals surface area contributed by atoms with Gasteiger partial charge in [0.2, 0.25) is 11.8 Å². The number of nitro groups is 1. The van der Waals surface area contributed by atoms with Gasteiger partial charge in [-0.25, -0.2) is 5.01 Å². The molecule has 5 rings (SSSR count). The van der Waals surface area contributed by atoms with Crippen LogP contribution in [0.5, 0.6) is 0 Å². The summed E-state index contributed by atoms with van der Waals surface area (Å²) < 4.78 is 0. The van der Waals surface area contributed by atoms with Gasteiger partial charge in [0.25, 0.3) is 5.70 Å². The first kappa shape index (κ1) is 20.5. The van der Waals surface area contributed by atoms with Crippen LogP contribution in [0.2, 0.25) is 0 Å². The molecule has 1 spiro atoms. The molecule has 0 bridgehead atoms. The lowest BCUT2D eigenvalue weighted by Crippen LogP contribution is -2.70. The zero-order valence-corrected chi connectivity index (χ0v) is 18.5. The molecule has 3 unspecified atom stereocenters. The molecule has 3 heterocycles. The molecular formula is C22H21N5O4S. The van der Waals surface area contributed by atoms with E-state index < -0.39 is 28.0 Å². The molecule has 3 atom stereocenters. The fraction of sp³-hybridized carbons (Fsp3) is 0.273. The van der Waals surface area contributed by atoms with Gasteiger partial charge in [-0.1, -0.05) is 36.4 Å². The predicted octanol–water partition coefficient (Wildman–Crippen LogP) is 2.79. The largest absolute Gasteiger partial charge is 0.352 e. The van der Waals surface area contributed by atoms with Gasteiger partial charge in [-0.3, -0.25) is 14.9 Å². The summed E-state index contributed by atoms with van der Waals surface area (Å²) in [6.45, 7) is 1.70. The number of thioether (sulfide) groups is 1. The van der Waals surface area contributed by atoms with Crippen LogP contribution in [-0.4, -0.2) is 45.7 Å². The van der Waals surface area contributed by atoms with Crippen LogP contribution in [-0.2, 0) is 10.2 Å². The smallest absolute Gasteiger partial charge is 0.296 e. The maximum absolute atomic E-state index is 13.7. The zero-order chi connectivity index (χ0) is 22.8. The third kappa shape index (κ3) is 2.28. The number of hydrazone groups is 1. The highest BCUT2D eigenvalue weighted by atomic mass is 32.2. The summed E-state index contributed by atoms with van der Waals surface area (Å²) in [5.74, 6) is -3.42. The third-order valence-electron chi connectivity index (χ3n) is 6.52. The Hall–Kier alpha value is -3.37. The number of amides is 1. The lowest BCUT2D eigenvalue weighted by Gasteiger charge is -2.51. The molecule has 0 saturated heterocycles. The number of carbonyl (C=O) groups is 1. The Labute approximate surface area is 188 Å². The van der Waals surface area contributed by atoms with E-state index in [0.717, 1.165) is 11.8 Å². The number of hydrogen-bond donors (Lipinski definition) is 2. The number of rotatable bonds is 3. The van der Waals surface area contributed by atoms with Crippen LogP contribution in [0, 0.1) is 16.0 Å². The second-order valence-corrected chi connectivity index (χ2v) is 8.79. The molecule has 164 valence electrons. The number of para-hydroxylation sites is 2. The first-order chi connectivity index (χ1) is 15.3. The Morgan fingerprint density at radius 1 is 1.19 bits per heavy atom. The molecule has 2 aromatic carbocycles. The molecule has 2 aromatic rings. The van der Waals surface area contributed by atoms with E-state index in [1.165, 1.54) is 9.91 Å². The lowest BCUT2D eigenvalue weighted by atomic mass is 9.63. The topological polar surface area (TPSA) is 111 Å². The van der Waals surface area contributed by atoms with Crippen LogP contribution in [0.15, 0.2) is 70.4 Å². The summed E-state index contributed by atoms with van der Waals surface area (Å²) in [6, 6.07) is 16.0. The van der Waals surface area contributed by atoms with Gasteiger partial charge in [-0.05, 0) is 31.4 Å². The summed E-state index contributed by atoms with van der Waals surface area (Å²) in [7, 11) is 1.60. The van der Waals surface area contributed by atoms with Gasteiger partial charge in [0.05, 0.1) is 16.5 Å². The molecule has 9 nitrogen and oxygen atoms in total. The van der Waals surface area contributed by atoms with Crippen molar-refractivity contribution in [1.82, 2.24) is 4.90 Å². The highest BCUT2D eigenvalue weighted by molar-refractivity contribution is 8.02. The average molecular weight is 452 g/mol. The molecule has 1 amide bonds. The third-order valence-corrected chi connectivity index (χ3v) is 7.37.